The van der Waals surface area contributed by atoms with Crippen LogP contribution >= 0.6 is 0 Å². The Bertz CT molecular complexity index is 339. The van der Waals surface area contributed by atoms with Crippen molar-refractivity contribution >= 4 is 5.97 Å². The second-order valence-corrected chi connectivity index (χ2v) is 3.84. The van der Waals surface area contributed by atoms with Crippen LogP contribution in [0.15, 0.2) is 18.3 Å². The van der Waals surface area contributed by atoms with Crippen molar-refractivity contribution in [1.29, 1.82) is 0 Å². The van der Waals surface area contributed by atoms with Gasteiger partial charge in [-0.3, -0.25) is 0 Å². The first-order chi connectivity index (χ1) is 7.27. The van der Waals surface area contributed by atoms with Crippen LogP contribution in [0.1, 0.15) is 29.8 Å². The van der Waals surface area contributed by atoms with E-state index in [1.807, 2.05) is 0 Å². The Kier molecular flexibility index (Phi) is 3.06. The molecule has 1 unspecified atom stereocenters. The molecular weight excluding hydrogens is 194 g/mol. The normalized spacial score (nSPS) is 21.5. The van der Waals surface area contributed by atoms with Crippen molar-refractivity contribution in [2.24, 2.45) is 0 Å². The predicted octanol–water partition coefficient (Wildman–Crippen LogP) is 1.76. The van der Waals surface area contributed by atoms with Crippen LogP contribution in [0.5, 0.6) is 0 Å². The van der Waals surface area contributed by atoms with Crippen LogP contribution in [0.3, 0.4) is 0 Å². The largest absolute Gasteiger partial charge is 0.477 e. The molecule has 0 amide bonds. The molecule has 1 aliphatic rings. The maximum absolute atomic E-state index is 10.9. The summed E-state index contributed by atoms with van der Waals surface area (Å²) < 4.78 is 7.32. The van der Waals surface area contributed by atoms with E-state index < -0.39 is 5.97 Å². The van der Waals surface area contributed by atoms with Crippen molar-refractivity contribution in [2.75, 3.05) is 6.61 Å². The molecule has 1 aliphatic heterocycles. The van der Waals surface area contributed by atoms with Gasteiger partial charge in [0.05, 0.1) is 6.10 Å². The first-order valence-electron chi connectivity index (χ1n) is 5.27. The average molecular weight is 209 g/mol. The number of ether oxygens (including phenoxy) is 1. The zero-order valence-corrected chi connectivity index (χ0v) is 8.56. The second-order valence-electron chi connectivity index (χ2n) is 3.84. The van der Waals surface area contributed by atoms with Gasteiger partial charge >= 0.3 is 5.97 Å². The minimum absolute atomic E-state index is 0.171. The highest BCUT2D eigenvalue weighted by Gasteiger charge is 2.17. The molecule has 0 aliphatic carbocycles. The minimum atomic E-state index is -0.879. The molecule has 1 aromatic rings. The van der Waals surface area contributed by atoms with Crippen LogP contribution in [0, 0.1) is 0 Å². The lowest BCUT2D eigenvalue weighted by atomic mass is 10.1. The van der Waals surface area contributed by atoms with Crippen molar-refractivity contribution in [3.63, 3.8) is 0 Å². The van der Waals surface area contributed by atoms with Gasteiger partial charge in [0.2, 0.25) is 0 Å². The molecule has 0 saturated carbocycles. The molecule has 1 N–H and O–H groups in total. The Morgan fingerprint density at radius 1 is 1.60 bits per heavy atom. The summed E-state index contributed by atoms with van der Waals surface area (Å²) >= 11 is 0. The lowest BCUT2D eigenvalue weighted by Gasteiger charge is -2.23. The van der Waals surface area contributed by atoms with Crippen LogP contribution in [0.2, 0.25) is 0 Å². The van der Waals surface area contributed by atoms with E-state index in [4.69, 9.17) is 9.84 Å². The number of carboxylic acids is 1. The predicted molar refractivity (Wildman–Crippen MR) is 55.0 cm³/mol. The lowest BCUT2D eigenvalue weighted by Crippen LogP contribution is -2.25. The second kappa shape index (κ2) is 4.49. The number of rotatable bonds is 3. The number of hydrogen-bond acceptors (Lipinski definition) is 2. The van der Waals surface area contributed by atoms with Crippen molar-refractivity contribution in [3.8, 4) is 0 Å². The fraction of sp³-hybridized carbons (Fsp3) is 0.545. The highest BCUT2D eigenvalue weighted by molar-refractivity contribution is 5.85. The quantitative estimate of drug-likeness (QED) is 0.825. The summed E-state index contributed by atoms with van der Waals surface area (Å²) in [5.41, 5.74) is 0.337. The van der Waals surface area contributed by atoms with Crippen molar-refractivity contribution in [1.82, 2.24) is 4.57 Å². The van der Waals surface area contributed by atoms with E-state index in [1.54, 1.807) is 22.9 Å². The van der Waals surface area contributed by atoms with Crippen LogP contribution < -0.4 is 0 Å². The van der Waals surface area contributed by atoms with Gasteiger partial charge in [0.25, 0.3) is 0 Å². The number of hydrogen-bond donors (Lipinski definition) is 1. The first kappa shape index (κ1) is 10.2. The zero-order chi connectivity index (χ0) is 10.7. The van der Waals surface area contributed by atoms with Gasteiger partial charge in [0.1, 0.15) is 5.69 Å². The third-order valence-electron chi connectivity index (χ3n) is 2.72. The number of aromatic nitrogens is 1. The molecule has 0 radical (unpaired) electrons. The van der Waals surface area contributed by atoms with E-state index in [9.17, 15) is 4.79 Å². The third-order valence-corrected chi connectivity index (χ3v) is 2.72. The van der Waals surface area contributed by atoms with Crippen LogP contribution in [0.4, 0.5) is 0 Å². The van der Waals surface area contributed by atoms with Crippen molar-refractivity contribution < 1.29 is 14.6 Å². The van der Waals surface area contributed by atoms with E-state index in [1.165, 1.54) is 6.42 Å². The average Bonchev–Trinajstić information content (AvgIpc) is 2.67. The molecule has 1 saturated heterocycles. The van der Waals surface area contributed by atoms with Crippen LogP contribution in [-0.2, 0) is 11.3 Å². The smallest absolute Gasteiger partial charge is 0.352 e. The Labute approximate surface area is 88.5 Å². The fourth-order valence-corrected chi connectivity index (χ4v) is 1.94. The summed E-state index contributed by atoms with van der Waals surface area (Å²) in [5, 5.41) is 8.92. The summed E-state index contributed by atoms with van der Waals surface area (Å²) in [4.78, 5) is 10.9. The third kappa shape index (κ3) is 2.39. The van der Waals surface area contributed by atoms with Crippen LogP contribution in [0.25, 0.3) is 0 Å². The van der Waals surface area contributed by atoms with E-state index in [2.05, 4.69) is 0 Å². The Hall–Kier alpha value is -1.29. The summed E-state index contributed by atoms with van der Waals surface area (Å²) in [6, 6.07) is 3.37. The van der Waals surface area contributed by atoms with E-state index in [0.717, 1.165) is 19.4 Å². The maximum atomic E-state index is 10.9. The van der Waals surface area contributed by atoms with E-state index in [-0.39, 0.29) is 6.10 Å². The molecule has 82 valence electrons. The molecule has 0 aromatic carbocycles. The molecular formula is C11H15NO3. The number of carboxylic acid groups (broad SMARTS) is 1. The minimum Gasteiger partial charge on any atom is -0.477 e. The molecule has 1 atom stereocenters. The topological polar surface area (TPSA) is 51.5 Å². The number of carbonyl (C=O) groups is 1. The van der Waals surface area contributed by atoms with Gasteiger partial charge in [-0.2, -0.15) is 0 Å². The molecule has 15 heavy (non-hydrogen) atoms. The summed E-state index contributed by atoms with van der Waals surface area (Å²) in [6.45, 7) is 1.45. The maximum Gasteiger partial charge on any atom is 0.352 e. The van der Waals surface area contributed by atoms with Gasteiger partial charge in [-0.15, -0.1) is 0 Å². The summed E-state index contributed by atoms with van der Waals surface area (Å²) in [6.07, 6.45) is 5.28. The number of aromatic carboxylic acids is 1. The monoisotopic (exact) mass is 209 g/mol. The molecule has 2 rings (SSSR count). The van der Waals surface area contributed by atoms with Crippen LogP contribution in [-0.4, -0.2) is 28.4 Å². The molecule has 4 heteroatoms. The van der Waals surface area contributed by atoms with E-state index >= 15 is 0 Å². The Morgan fingerprint density at radius 3 is 3.13 bits per heavy atom. The van der Waals surface area contributed by atoms with Gasteiger partial charge in [0.15, 0.2) is 0 Å². The van der Waals surface area contributed by atoms with Gasteiger partial charge in [-0.25, -0.2) is 4.79 Å². The SMILES string of the molecule is O=C(O)c1cccn1CC1CCCCO1. The molecule has 2 heterocycles. The standard InChI is InChI=1S/C11H15NO3/c13-11(14)10-5-3-6-12(10)8-9-4-1-2-7-15-9/h3,5-6,9H,1-2,4,7-8H2,(H,13,14). The van der Waals surface area contributed by atoms with Gasteiger partial charge in [0, 0.05) is 19.3 Å². The molecule has 0 spiro atoms. The fourth-order valence-electron chi connectivity index (χ4n) is 1.94. The molecule has 4 nitrogen and oxygen atoms in total. The van der Waals surface area contributed by atoms with Gasteiger partial charge < -0.3 is 14.4 Å². The summed E-state index contributed by atoms with van der Waals surface area (Å²) in [5.74, 6) is -0.879. The number of nitrogens with zero attached hydrogens (tertiary/aromatic N) is 1. The van der Waals surface area contributed by atoms with Crippen molar-refractivity contribution in [2.45, 2.75) is 31.9 Å². The van der Waals surface area contributed by atoms with Gasteiger partial charge in [-0.1, -0.05) is 0 Å². The van der Waals surface area contributed by atoms with Gasteiger partial charge in [-0.05, 0) is 31.4 Å². The lowest BCUT2D eigenvalue weighted by molar-refractivity contribution is 0.00545. The highest BCUT2D eigenvalue weighted by atomic mass is 16.5. The molecule has 1 aromatic heterocycles. The first-order valence-corrected chi connectivity index (χ1v) is 5.27. The zero-order valence-electron chi connectivity index (χ0n) is 8.56. The van der Waals surface area contributed by atoms with E-state index in [0.29, 0.717) is 12.2 Å². The summed E-state index contributed by atoms with van der Waals surface area (Å²) in [7, 11) is 0. The molecule has 1 fully saturated rings. The van der Waals surface area contributed by atoms with Crippen molar-refractivity contribution in [3.05, 3.63) is 24.0 Å². The Morgan fingerprint density at radius 2 is 2.47 bits per heavy atom. The Balaban J connectivity index is 2.03. The highest BCUT2D eigenvalue weighted by Crippen LogP contribution is 2.15. The molecule has 0 bridgehead atoms.